The van der Waals surface area contributed by atoms with Gasteiger partial charge >= 0.3 is 5.97 Å². The normalized spacial score (nSPS) is 32.8. The van der Waals surface area contributed by atoms with Crippen LogP contribution in [0.15, 0.2) is 25.3 Å². The number of rotatable bonds is 9. The van der Waals surface area contributed by atoms with Crippen LogP contribution in [0.25, 0.3) is 0 Å². The van der Waals surface area contributed by atoms with Crippen molar-refractivity contribution in [1.82, 2.24) is 9.80 Å². The van der Waals surface area contributed by atoms with Gasteiger partial charge in [-0.1, -0.05) is 18.7 Å². The predicted octanol–water partition coefficient (Wildman–Crippen LogP) is 1.61. The van der Waals surface area contributed by atoms with Crippen molar-refractivity contribution in [2.45, 2.75) is 61.7 Å². The number of aliphatic hydroxyl groups is 1. The van der Waals surface area contributed by atoms with E-state index < -0.39 is 34.6 Å². The molecule has 3 rings (SSSR count). The lowest BCUT2D eigenvalue weighted by Crippen LogP contribution is -2.58. The standard InChI is InChI=1S/C22H32N2O5S/c1-6-10-23(13(3)4)20(27)18-22-9-8-15(30-22)16(21(28)29-11-7-2)17(22)19(26)24(18)14(5)12-25/h6-7,13-18,25H,1-2,8-12H2,3-5H3/t14-,15-,16+,17+,18?,22?/m1/s1. The van der Waals surface area contributed by atoms with Crippen molar-refractivity contribution in [2.75, 3.05) is 19.8 Å². The molecule has 3 aliphatic heterocycles. The highest BCUT2D eigenvalue weighted by atomic mass is 32.2. The average Bonchev–Trinajstić information content (AvgIpc) is 3.36. The fraction of sp³-hybridized carbons (Fsp3) is 0.682. The minimum Gasteiger partial charge on any atom is -0.461 e. The van der Waals surface area contributed by atoms with E-state index in [1.165, 1.54) is 11.0 Å². The van der Waals surface area contributed by atoms with Crippen molar-refractivity contribution in [3.8, 4) is 0 Å². The minimum atomic E-state index is -0.716. The summed E-state index contributed by atoms with van der Waals surface area (Å²) in [7, 11) is 0. The molecule has 1 N–H and O–H groups in total. The number of carbonyl (C=O) groups is 3. The molecular formula is C22H32N2O5S. The SMILES string of the molecule is C=CCOC(=O)[C@@H]1[C@H]2C(=O)N([C@H](C)CO)C(C(=O)N(CC=C)C(C)C)C23CC[C@H]1S3. The largest absolute Gasteiger partial charge is 0.461 e. The number of carbonyl (C=O) groups excluding carboxylic acids is 3. The van der Waals surface area contributed by atoms with E-state index >= 15 is 0 Å². The van der Waals surface area contributed by atoms with Gasteiger partial charge in [0.2, 0.25) is 11.8 Å². The lowest BCUT2D eigenvalue weighted by Gasteiger charge is -2.40. The molecule has 3 fully saturated rings. The molecule has 2 unspecified atom stereocenters. The molecule has 7 nitrogen and oxygen atoms in total. The van der Waals surface area contributed by atoms with Crippen LogP contribution in [0.4, 0.5) is 0 Å². The van der Waals surface area contributed by atoms with E-state index in [4.69, 9.17) is 4.74 Å². The molecule has 2 bridgehead atoms. The minimum absolute atomic E-state index is 0.0370. The second-order valence-electron chi connectivity index (χ2n) is 8.62. The number of esters is 1. The zero-order valence-electron chi connectivity index (χ0n) is 18.0. The van der Waals surface area contributed by atoms with E-state index in [9.17, 15) is 19.5 Å². The first kappa shape index (κ1) is 22.9. The second kappa shape index (κ2) is 8.75. The molecule has 0 aliphatic carbocycles. The summed E-state index contributed by atoms with van der Waals surface area (Å²) < 4.78 is 4.65. The lowest BCUT2D eigenvalue weighted by molar-refractivity contribution is -0.153. The van der Waals surface area contributed by atoms with E-state index in [1.807, 2.05) is 13.8 Å². The maximum absolute atomic E-state index is 13.8. The Bertz CT molecular complexity index is 741. The molecule has 0 aromatic carbocycles. The van der Waals surface area contributed by atoms with Crippen LogP contribution in [-0.2, 0) is 19.1 Å². The molecule has 3 aliphatic rings. The van der Waals surface area contributed by atoms with Crippen molar-refractivity contribution in [2.24, 2.45) is 11.8 Å². The summed E-state index contributed by atoms with van der Waals surface area (Å²) >= 11 is 1.59. The van der Waals surface area contributed by atoms with Crippen LogP contribution in [-0.4, -0.2) is 80.6 Å². The molecule has 0 aromatic heterocycles. The number of aliphatic hydroxyl groups excluding tert-OH is 1. The van der Waals surface area contributed by atoms with Gasteiger partial charge < -0.3 is 19.6 Å². The highest BCUT2D eigenvalue weighted by molar-refractivity contribution is 8.02. The van der Waals surface area contributed by atoms with Gasteiger partial charge in [0.1, 0.15) is 12.6 Å². The Balaban J connectivity index is 2.04. The number of ether oxygens (including phenoxy) is 1. The lowest BCUT2D eigenvalue weighted by atomic mass is 9.71. The number of nitrogens with zero attached hydrogens (tertiary/aromatic N) is 2. The molecule has 166 valence electrons. The van der Waals surface area contributed by atoms with Crippen LogP contribution in [0.3, 0.4) is 0 Å². The first-order chi connectivity index (χ1) is 14.2. The second-order valence-corrected chi connectivity index (χ2v) is 10.2. The summed E-state index contributed by atoms with van der Waals surface area (Å²) in [6, 6.07) is -1.30. The van der Waals surface area contributed by atoms with Gasteiger partial charge in [-0.2, -0.15) is 0 Å². The van der Waals surface area contributed by atoms with E-state index in [1.54, 1.807) is 29.7 Å². The third-order valence-corrected chi connectivity index (χ3v) is 8.51. The molecule has 0 aromatic rings. The fourth-order valence-corrected chi connectivity index (χ4v) is 7.48. The summed E-state index contributed by atoms with van der Waals surface area (Å²) in [5.41, 5.74) is 0. The maximum Gasteiger partial charge on any atom is 0.311 e. The van der Waals surface area contributed by atoms with Gasteiger partial charge in [0, 0.05) is 17.8 Å². The van der Waals surface area contributed by atoms with Crippen LogP contribution >= 0.6 is 11.8 Å². The topological polar surface area (TPSA) is 87.1 Å². The van der Waals surface area contributed by atoms with Gasteiger partial charge in [0.25, 0.3) is 0 Å². The molecule has 3 saturated heterocycles. The number of fused-ring (bicyclic) bond motifs is 1. The molecule has 0 radical (unpaired) electrons. The van der Waals surface area contributed by atoms with E-state index in [-0.39, 0.29) is 36.3 Å². The highest BCUT2D eigenvalue weighted by Crippen LogP contribution is 2.66. The van der Waals surface area contributed by atoms with Gasteiger partial charge in [0.05, 0.1) is 29.2 Å². The average molecular weight is 437 g/mol. The summed E-state index contributed by atoms with van der Waals surface area (Å²) in [5, 5.41) is 9.80. The Morgan fingerprint density at radius 1 is 1.37 bits per heavy atom. The Kier molecular flexibility index (Phi) is 6.67. The van der Waals surface area contributed by atoms with Crippen molar-refractivity contribution < 1.29 is 24.2 Å². The molecule has 30 heavy (non-hydrogen) atoms. The van der Waals surface area contributed by atoms with E-state index in [2.05, 4.69) is 13.2 Å². The molecule has 6 atom stereocenters. The molecule has 3 heterocycles. The number of amides is 2. The van der Waals surface area contributed by atoms with Crippen molar-refractivity contribution in [3.63, 3.8) is 0 Å². The van der Waals surface area contributed by atoms with E-state index in [0.29, 0.717) is 13.0 Å². The van der Waals surface area contributed by atoms with E-state index in [0.717, 1.165) is 6.42 Å². The monoisotopic (exact) mass is 436 g/mol. The molecule has 0 saturated carbocycles. The summed E-state index contributed by atoms with van der Waals surface area (Å²) in [6.07, 6.45) is 4.64. The Morgan fingerprint density at radius 2 is 2.07 bits per heavy atom. The Labute approximate surface area is 182 Å². The Hall–Kier alpha value is -1.80. The number of likely N-dealkylation sites (tertiary alicyclic amines) is 1. The zero-order valence-corrected chi connectivity index (χ0v) is 18.8. The molecule has 1 spiro atoms. The molecule has 8 heteroatoms. The maximum atomic E-state index is 13.8. The number of thioether (sulfide) groups is 1. The first-order valence-corrected chi connectivity index (χ1v) is 11.4. The van der Waals surface area contributed by atoms with Crippen molar-refractivity contribution >= 4 is 29.5 Å². The van der Waals surface area contributed by atoms with Gasteiger partial charge in [-0.3, -0.25) is 14.4 Å². The smallest absolute Gasteiger partial charge is 0.311 e. The first-order valence-electron chi connectivity index (χ1n) is 10.5. The third-order valence-electron chi connectivity index (χ3n) is 6.56. The summed E-state index contributed by atoms with van der Waals surface area (Å²) in [4.78, 5) is 43.5. The van der Waals surface area contributed by atoms with Crippen LogP contribution < -0.4 is 0 Å². The van der Waals surface area contributed by atoms with Crippen molar-refractivity contribution in [3.05, 3.63) is 25.3 Å². The van der Waals surface area contributed by atoms with Crippen LogP contribution in [0.2, 0.25) is 0 Å². The van der Waals surface area contributed by atoms with Crippen LogP contribution in [0, 0.1) is 11.8 Å². The zero-order chi connectivity index (χ0) is 22.2. The number of hydrogen-bond acceptors (Lipinski definition) is 6. The predicted molar refractivity (Wildman–Crippen MR) is 116 cm³/mol. The fourth-order valence-electron chi connectivity index (χ4n) is 5.29. The van der Waals surface area contributed by atoms with Gasteiger partial charge in [0.15, 0.2) is 0 Å². The Morgan fingerprint density at radius 3 is 2.63 bits per heavy atom. The quantitative estimate of drug-likeness (QED) is 0.437. The van der Waals surface area contributed by atoms with Crippen LogP contribution in [0.5, 0.6) is 0 Å². The van der Waals surface area contributed by atoms with Crippen molar-refractivity contribution in [1.29, 1.82) is 0 Å². The van der Waals surface area contributed by atoms with Gasteiger partial charge in [-0.15, -0.1) is 18.3 Å². The third kappa shape index (κ3) is 3.38. The van der Waals surface area contributed by atoms with Gasteiger partial charge in [-0.25, -0.2) is 0 Å². The van der Waals surface area contributed by atoms with Gasteiger partial charge in [-0.05, 0) is 33.6 Å². The summed E-state index contributed by atoms with van der Waals surface area (Å²) in [5.74, 6) is -1.96. The van der Waals surface area contributed by atoms with Crippen LogP contribution in [0.1, 0.15) is 33.6 Å². The molecule has 2 amide bonds. The number of hydrogen-bond donors (Lipinski definition) is 1. The molecular weight excluding hydrogens is 404 g/mol. The summed E-state index contributed by atoms with van der Waals surface area (Å²) in [6.45, 7) is 13.2. The highest BCUT2D eigenvalue weighted by Gasteiger charge is 2.74.